The number of halogens is 1. The molecule has 1 heterocycles. The summed E-state index contributed by atoms with van der Waals surface area (Å²) in [7, 11) is 4.00. The highest BCUT2D eigenvalue weighted by Crippen LogP contribution is 2.19. The van der Waals surface area contributed by atoms with E-state index in [0.717, 1.165) is 25.9 Å². The van der Waals surface area contributed by atoms with Crippen LogP contribution in [-0.4, -0.2) is 48.9 Å². The molecule has 0 saturated carbocycles. The van der Waals surface area contributed by atoms with E-state index >= 15 is 0 Å². The van der Waals surface area contributed by atoms with E-state index in [9.17, 15) is 4.79 Å². The Morgan fingerprint density at radius 3 is 2.47 bits per heavy atom. The standard InChI is InChI=1S/C14H21N3O.ClH/c1-16-9-7-11(8-10-16)17(2)14(18)12-5-3-4-6-13(12)15;/h3-6,11H,7-10,15H2,1-2H3;1H. The van der Waals surface area contributed by atoms with E-state index in [0.29, 0.717) is 17.3 Å². The molecular weight excluding hydrogens is 262 g/mol. The van der Waals surface area contributed by atoms with E-state index in [-0.39, 0.29) is 18.3 Å². The first-order valence-corrected chi connectivity index (χ1v) is 6.40. The number of para-hydroxylation sites is 1. The molecule has 1 aromatic carbocycles. The predicted octanol–water partition coefficient (Wildman–Crippen LogP) is 1.86. The summed E-state index contributed by atoms with van der Waals surface area (Å²) in [5.41, 5.74) is 7.02. The molecule has 0 bridgehead atoms. The van der Waals surface area contributed by atoms with Crippen molar-refractivity contribution in [3.8, 4) is 0 Å². The minimum Gasteiger partial charge on any atom is -0.398 e. The van der Waals surface area contributed by atoms with Crippen LogP contribution < -0.4 is 5.73 Å². The maximum Gasteiger partial charge on any atom is 0.255 e. The average molecular weight is 284 g/mol. The average Bonchev–Trinajstić information content (AvgIpc) is 2.38. The highest BCUT2D eigenvalue weighted by atomic mass is 35.5. The van der Waals surface area contributed by atoms with Gasteiger partial charge in [-0.2, -0.15) is 0 Å². The number of hydrogen-bond donors (Lipinski definition) is 1. The first-order valence-electron chi connectivity index (χ1n) is 6.40. The van der Waals surface area contributed by atoms with Gasteiger partial charge in [0.2, 0.25) is 0 Å². The van der Waals surface area contributed by atoms with Crippen molar-refractivity contribution in [3.63, 3.8) is 0 Å². The van der Waals surface area contributed by atoms with Gasteiger partial charge in [0.15, 0.2) is 0 Å². The molecule has 0 unspecified atom stereocenters. The summed E-state index contributed by atoms with van der Waals surface area (Å²) in [6, 6.07) is 7.60. The van der Waals surface area contributed by atoms with Crippen molar-refractivity contribution in [1.29, 1.82) is 0 Å². The van der Waals surface area contributed by atoms with Crippen LogP contribution in [0.4, 0.5) is 5.69 Å². The number of anilines is 1. The summed E-state index contributed by atoms with van der Waals surface area (Å²) in [6.07, 6.45) is 2.07. The lowest BCUT2D eigenvalue weighted by molar-refractivity contribution is 0.0660. The highest BCUT2D eigenvalue weighted by Gasteiger charge is 2.25. The second-order valence-electron chi connectivity index (χ2n) is 5.04. The molecule has 1 amide bonds. The molecule has 1 fully saturated rings. The lowest BCUT2D eigenvalue weighted by Gasteiger charge is -2.35. The van der Waals surface area contributed by atoms with Gasteiger partial charge < -0.3 is 15.5 Å². The zero-order valence-electron chi connectivity index (χ0n) is 11.5. The van der Waals surface area contributed by atoms with E-state index < -0.39 is 0 Å². The maximum atomic E-state index is 12.4. The smallest absolute Gasteiger partial charge is 0.255 e. The van der Waals surface area contributed by atoms with Gasteiger partial charge in [-0.1, -0.05) is 12.1 Å². The molecule has 4 nitrogen and oxygen atoms in total. The lowest BCUT2D eigenvalue weighted by Crippen LogP contribution is -2.44. The zero-order valence-corrected chi connectivity index (χ0v) is 12.3. The molecule has 0 aromatic heterocycles. The number of benzene rings is 1. The van der Waals surface area contributed by atoms with E-state index in [2.05, 4.69) is 11.9 Å². The Hall–Kier alpha value is -1.26. The van der Waals surface area contributed by atoms with Gasteiger partial charge in [0.1, 0.15) is 0 Å². The third kappa shape index (κ3) is 3.61. The van der Waals surface area contributed by atoms with Crippen molar-refractivity contribution < 1.29 is 4.79 Å². The Kier molecular flexibility index (Phi) is 5.63. The number of piperidine rings is 1. The summed E-state index contributed by atoms with van der Waals surface area (Å²) >= 11 is 0. The monoisotopic (exact) mass is 283 g/mol. The number of nitrogen functional groups attached to an aromatic ring is 1. The number of amides is 1. The molecule has 2 rings (SSSR count). The molecule has 1 aromatic rings. The second-order valence-corrected chi connectivity index (χ2v) is 5.04. The van der Waals surface area contributed by atoms with Gasteiger partial charge in [-0.3, -0.25) is 4.79 Å². The van der Waals surface area contributed by atoms with Crippen molar-refractivity contribution in [2.75, 3.05) is 32.9 Å². The number of carbonyl (C=O) groups excluding carboxylic acids is 1. The Morgan fingerprint density at radius 2 is 1.89 bits per heavy atom. The Balaban J connectivity index is 0.00000180. The van der Waals surface area contributed by atoms with E-state index in [1.54, 1.807) is 12.1 Å². The minimum atomic E-state index is 0. The van der Waals surface area contributed by atoms with Gasteiger partial charge in [0.05, 0.1) is 5.56 Å². The van der Waals surface area contributed by atoms with Gasteiger partial charge in [-0.15, -0.1) is 12.4 Å². The summed E-state index contributed by atoms with van der Waals surface area (Å²) in [6.45, 7) is 2.10. The molecule has 0 atom stereocenters. The van der Waals surface area contributed by atoms with Crippen LogP contribution in [0.5, 0.6) is 0 Å². The quantitative estimate of drug-likeness (QED) is 0.843. The molecule has 0 aliphatic carbocycles. The van der Waals surface area contributed by atoms with Crippen LogP contribution in [0.2, 0.25) is 0 Å². The van der Waals surface area contributed by atoms with E-state index in [1.807, 2.05) is 24.1 Å². The molecule has 1 saturated heterocycles. The SMILES string of the molecule is CN1CCC(N(C)C(=O)c2ccccc2N)CC1.Cl. The van der Waals surface area contributed by atoms with Crippen molar-refractivity contribution in [3.05, 3.63) is 29.8 Å². The number of nitrogens with zero attached hydrogens (tertiary/aromatic N) is 2. The lowest BCUT2D eigenvalue weighted by atomic mass is 10.0. The zero-order chi connectivity index (χ0) is 13.1. The summed E-state index contributed by atoms with van der Waals surface area (Å²) in [4.78, 5) is 16.5. The Morgan fingerprint density at radius 1 is 1.32 bits per heavy atom. The molecule has 1 aliphatic heterocycles. The summed E-state index contributed by atoms with van der Waals surface area (Å²) in [5, 5.41) is 0. The van der Waals surface area contributed by atoms with Crippen LogP contribution in [0.25, 0.3) is 0 Å². The molecule has 0 spiro atoms. The van der Waals surface area contributed by atoms with Crippen LogP contribution in [0.1, 0.15) is 23.2 Å². The van der Waals surface area contributed by atoms with E-state index in [1.165, 1.54) is 0 Å². The topological polar surface area (TPSA) is 49.6 Å². The summed E-state index contributed by atoms with van der Waals surface area (Å²) in [5.74, 6) is 0.0302. The molecule has 2 N–H and O–H groups in total. The fourth-order valence-electron chi connectivity index (χ4n) is 2.43. The highest BCUT2D eigenvalue weighted by molar-refractivity contribution is 5.99. The van der Waals surface area contributed by atoms with Gasteiger partial charge in [-0.25, -0.2) is 0 Å². The molecule has 1 aliphatic rings. The number of likely N-dealkylation sites (tertiary alicyclic amines) is 1. The third-order valence-corrected chi connectivity index (χ3v) is 3.75. The molecular formula is C14H22ClN3O. The van der Waals surface area contributed by atoms with Gasteiger partial charge >= 0.3 is 0 Å². The van der Waals surface area contributed by atoms with Crippen LogP contribution in [0.3, 0.4) is 0 Å². The number of carbonyl (C=O) groups is 1. The largest absolute Gasteiger partial charge is 0.398 e. The fourth-order valence-corrected chi connectivity index (χ4v) is 2.43. The molecule has 106 valence electrons. The van der Waals surface area contributed by atoms with Crippen molar-refractivity contribution in [1.82, 2.24) is 9.80 Å². The second kappa shape index (κ2) is 6.78. The van der Waals surface area contributed by atoms with Crippen molar-refractivity contribution in [2.24, 2.45) is 0 Å². The van der Waals surface area contributed by atoms with Gasteiger partial charge in [-0.05, 0) is 45.1 Å². The molecule has 5 heteroatoms. The predicted molar refractivity (Wildman–Crippen MR) is 80.7 cm³/mol. The maximum absolute atomic E-state index is 12.4. The van der Waals surface area contributed by atoms with Crippen molar-refractivity contribution in [2.45, 2.75) is 18.9 Å². The number of nitrogens with two attached hydrogens (primary N) is 1. The third-order valence-electron chi connectivity index (χ3n) is 3.75. The first kappa shape index (κ1) is 15.8. The van der Waals surface area contributed by atoms with Gasteiger partial charge in [0.25, 0.3) is 5.91 Å². The van der Waals surface area contributed by atoms with Crippen molar-refractivity contribution >= 4 is 24.0 Å². The van der Waals surface area contributed by atoms with Crippen LogP contribution >= 0.6 is 12.4 Å². The number of hydrogen-bond acceptors (Lipinski definition) is 3. The molecule has 19 heavy (non-hydrogen) atoms. The number of rotatable bonds is 2. The normalized spacial score (nSPS) is 16.7. The van der Waals surface area contributed by atoms with Gasteiger partial charge in [0, 0.05) is 18.8 Å². The molecule has 0 radical (unpaired) electrons. The van der Waals surface area contributed by atoms with Crippen LogP contribution in [0, 0.1) is 0 Å². The Bertz CT molecular complexity index is 430. The minimum absolute atomic E-state index is 0. The van der Waals surface area contributed by atoms with E-state index in [4.69, 9.17) is 5.73 Å². The van der Waals surface area contributed by atoms with Crippen LogP contribution in [0.15, 0.2) is 24.3 Å². The fraction of sp³-hybridized carbons (Fsp3) is 0.500. The van der Waals surface area contributed by atoms with Crippen LogP contribution in [-0.2, 0) is 0 Å². The Labute approximate surface area is 121 Å². The first-order chi connectivity index (χ1) is 8.59. The summed E-state index contributed by atoms with van der Waals surface area (Å²) < 4.78 is 0.